The lowest BCUT2D eigenvalue weighted by molar-refractivity contribution is -0.147. The van der Waals surface area contributed by atoms with E-state index in [1.165, 1.54) is 6.07 Å². The Kier molecular flexibility index (Phi) is 4.53. The quantitative estimate of drug-likeness (QED) is 0.809. The Morgan fingerprint density at radius 1 is 1.59 bits per heavy atom. The highest BCUT2D eigenvalue weighted by Crippen LogP contribution is 2.19. The minimum absolute atomic E-state index is 0.0426. The normalized spacial score (nSPS) is 11.6. The van der Waals surface area contributed by atoms with E-state index in [0.29, 0.717) is 12.8 Å². The summed E-state index contributed by atoms with van der Waals surface area (Å²) in [5.74, 6) is -0.283. The van der Waals surface area contributed by atoms with Crippen molar-refractivity contribution in [2.24, 2.45) is 0 Å². The molecule has 4 heteroatoms. The number of carbonyl (C=O) groups is 1. The van der Waals surface area contributed by atoms with Crippen molar-refractivity contribution in [1.29, 1.82) is 5.26 Å². The third-order valence-electron chi connectivity index (χ3n) is 2.33. The van der Waals surface area contributed by atoms with Crippen LogP contribution < -0.4 is 0 Å². The number of hydrogen-bond donors (Lipinski definition) is 1. The molecular formula is C13H15NO3. The number of phenols is 1. The van der Waals surface area contributed by atoms with E-state index in [4.69, 9.17) is 10.00 Å². The van der Waals surface area contributed by atoms with E-state index in [0.717, 1.165) is 5.56 Å². The van der Waals surface area contributed by atoms with Gasteiger partial charge in [0.1, 0.15) is 17.9 Å². The largest absolute Gasteiger partial charge is 0.507 e. The molecule has 0 aliphatic carbocycles. The molecule has 1 rings (SSSR count). The van der Waals surface area contributed by atoms with Crippen molar-refractivity contribution in [2.45, 2.75) is 32.8 Å². The first-order valence-electron chi connectivity index (χ1n) is 5.48. The van der Waals surface area contributed by atoms with E-state index in [1.54, 1.807) is 26.0 Å². The molecule has 0 saturated carbocycles. The van der Waals surface area contributed by atoms with Crippen molar-refractivity contribution in [1.82, 2.24) is 0 Å². The number of ether oxygens (including phenoxy) is 1. The molecule has 0 saturated heterocycles. The van der Waals surface area contributed by atoms with Crippen LogP contribution in [0.25, 0.3) is 0 Å². The van der Waals surface area contributed by atoms with Crippen LogP contribution >= 0.6 is 0 Å². The number of esters is 1. The molecule has 4 nitrogen and oxygen atoms in total. The first kappa shape index (κ1) is 13.0. The number of aromatic hydroxyl groups is 1. The molecule has 17 heavy (non-hydrogen) atoms. The minimum atomic E-state index is -0.241. The number of rotatable bonds is 4. The maximum absolute atomic E-state index is 11.1. The summed E-state index contributed by atoms with van der Waals surface area (Å²) < 4.78 is 5.11. The fourth-order valence-corrected chi connectivity index (χ4v) is 1.48. The first-order chi connectivity index (χ1) is 8.06. The molecule has 0 aliphatic heterocycles. The van der Waals surface area contributed by atoms with Gasteiger partial charge in [0.15, 0.2) is 0 Å². The second-order valence-corrected chi connectivity index (χ2v) is 3.82. The fourth-order valence-electron chi connectivity index (χ4n) is 1.48. The van der Waals surface area contributed by atoms with Crippen LogP contribution in [0, 0.1) is 11.3 Å². The van der Waals surface area contributed by atoms with Gasteiger partial charge in [0.05, 0.1) is 5.56 Å². The van der Waals surface area contributed by atoms with Gasteiger partial charge in [0, 0.05) is 12.8 Å². The molecule has 0 radical (unpaired) electrons. The second-order valence-electron chi connectivity index (χ2n) is 3.82. The molecule has 0 amide bonds. The van der Waals surface area contributed by atoms with Crippen LogP contribution in [0.2, 0.25) is 0 Å². The van der Waals surface area contributed by atoms with Crippen molar-refractivity contribution in [2.75, 3.05) is 0 Å². The van der Waals surface area contributed by atoms with E-state index < -0.39 is 0 Å². The summed E-state index contributed by atoms with van der Waals surface area (Å²) in [5.41, 5.74) is 1.07. The smallest absolute Gasteiger partial charge is 0.305 e. The summed E-state index contributed by atoms with van der Waals surface area (Å²) >= 11 is 0. The number of benzene rings is 1. The Labute approximate surface area is 100 Å². The number of nitrogens with zero attached hydrogens (tertiary/aromatic N) is 1. The maximum atomic E-state index is 11.1. The molecule has 1 unspecified atom stereocenters. The predicted octanol–water partition coefficient (Wildman–Crippen LogP) is 2.15. The summed E-state index contributed by atoms with van der Waals surface area (Å²) in [6.07, 6.45) is 0.628. The Morgan fingerprint density at radius 3 is 2.82 bits per heavy atom. The number of hydrogen-bond acceptors (Lipinski definition) is 4. The lowest BCUT2D eigenvalue weighted by atomic mass is 10.1. The van der Waals surface area contributed by atoms with Crippen molar-refractivity contribution in [3.63, 3.8) is 0 Å². The third kappa shape index (κ3) is 3.80. The third-order valence-corrected chi connectivity index (χ3v) is 2.33. The standard InChI is InChI=1S/C13H15NO3/c1-3-13(16)17-9(2)6-10-4-5-11(8-14)12(15)7-10/h4-5,7,9,15H,3,6H2,1-2H3. The molecule has 0 fully saturated rings. The Balaban J connectivity index is 2.66. The highest BCUT2D eigenvalue weighted by molar-refractivity contribution is 5.69. The van der Waals surface area contributed by atoms with Gasteiger partial charge in [-0.15, -0.1) is 0 Å². The summed E-state index contributed by atoms with van der Waals surface area (Å²) in [6.45, 7) is 3.53. The van der Waals surface area contributed by atoms with Crippen LogP contribution in [-0.4, -0.2) is 17.2 Å². The van der Waals surface area contributed by atoms with Crippen molar-refractivity contribution in [3.05, 3.63) is 29.3 Å². The molecular weight excluding hydrogens is 218 g/mol. The van der Waals surface area contributed by atoms with E-state index in [-0.39, 0.29) is 23.4 Å². The molecule has 0 spiro atoms. The SMILES string of the molecule is CCC(=O)OC(C)Cc1ccc(C#N)c(O)c1. The van der Waals surface area contributed by atoms with Crippen LogP contribution in [0.5, 0.6) is 5.75 Å². The topological polar surface area (TPSA) is 70.3 Å². The highest BCUT2D eigenvalue weighted by atomic mass is 16.5. The maximum Gasteiger partial charge on any atom is 0.305 e. The number of nitriles is 1. The van der Waals surface area contributed by atoms with Crippen LogP contribution in [-0.2, 0) is 16.0 Å². The monoisotopic (exact) mass is 233 g/mol. The lowest BCUT2D eigenvalue weighted by Crippen LogP contribution is -2.16. The zero-order valence-corrected chi connectivity index (χ0v) is 9.93. The summed E-state index contributed by atoms with van der Waals surface area (Å²) in [5, 5.41) is 18.2. The fraction of sp³-hybridized carbons (Fsp3) is 0.385. The van der Waals surface area contributed by atoms with Gasteiger partial charge >= 0.3 is 5.97 Å². The molecule has 1 N–H and O–H groups in total. The molecule has 1 aromatic rings. The predicted molar refractivity (Wildman–Crippen MR) is 62.4 cm³/mol. The number of carbonyl (C=O) groups excluding carboxylic acids is 1. The van der Waals surface area contributed by atoms with Crippen molar-refractivity contribution >= 4 is 5.97 Å². The van der Waals surface area contributed by atoms with Gasteiger partial charge in [0.2, 0.25) is 0 Å². The van der Waals surface area contributed by atoms with Crippen molar-refractivity contribution in [3.8, 4) is 11.8 Å². The Hall–Kier alpha value is -2.02. The van der Waals surface area contributed by atoms with Gasteiger partial charge in [0.25, 0.3) is 0 Å². The van der Waals surface area contributed by atoms with Gasteiger partial charge in [-0.1, -0.05) is 13.0 Å². The first-order valence-corrected chi connectivity index (χ1v) is 5.48. The molecule has 1 aromatic carbocycles. The van der Waals surface area contributed by atoms with Gasteiger partial charge in [-0.25, -0.2) is 0 Å². The van der Waals surface area contributed by atoms with Gasteiger partial charge in [-0.05, 0) is 24.6 Å². The van der Waals surface area contributed by atoms with Crippen LogP contribution in [0.4, 0.5) is 0 Å². The Bertz CT molecular complexity index is 448. The van der Waals surface area contributed by atoms with Crippen LogP contribution in [0.1, 0.15) is 31.4 Å². The number of phenolic OH excluding ortho intramolecular Hbond substituents is 1. The van der Waals surface area contributed by atoms with Crippen molar-refractivity contribution < 1.29 is 14.6 Å². The summed E-state index contributed by atoms with van der Waals surface area (Å²) in [4.78, 5) is 11.1. The zero-order valence-electron chi connectivity index (χ0n) is 9.93. The highest BCUT2D eigenvalue weighted by Gasteiger charge is 2.10. The average Bonchev–Trinajstić information content (AvgIpc) is 2.29. The van der Waals surface area contributed by atoms with E-state index in [2.05, 4.69) is 0 Å². The lowest BCUT2D eigenvalue weighted by Gasteiger charge is -2.12. The molecule has 90 valence electrons. The van der Waals surface area contributed by atoms with Gasteiger partial charge in [-0.2, -0.15) is 5.26 Å². The van der Waals surface area contributed by atoms with Crippen LogP contribution in [0.15, 0.2) is 18.2 Å². The van der Waals surface area contributed by atoms with E-state index in [9.17, 15) is 9.90 Å². The molecule has 0 aliphatic rings. The summed E-state index contributed by atoms with van der Waals surface area (Å²) in [6, 6.07) is 6.70. The molecule has 1 atom stereocenters. The zero-order chi connectivity index (χ0) is 12.8. The minimum Gasteiger partial charge on any atom is -0.507 e. The van der Waals surface area contributed by atoms with Crippen LogP contribution in [0.3, 0.4) is 0 Å². The molecule has 0 aromatic heterocycles. The average molecular weight is 233 g/mol. The van der Waals surface area contributed by atoms with Gasteiger partial charge < -0.3 is 9.84 Å². The summed E-state index contributed by atoms with van der Waals surface area (Å²) in [7, 11) is 0. The second kappa shape index (κ2) is 5.90. The molecule has 0 bridgehead atoms. The van der Waals surface area contributed by atoms with E-state index >= 15 is 0 Å². The van der Waals surface area contributed by atoms with E-state index in [1.807, 2.05) is 6.07 Å². The molecule has 0 heterocycles. The van der Waals surface area contributed by atoms with Gasteiger partial charge in [-0.3, -0.25) is 4.79 Å². The Morgan fingerprint density at radius 2 is 2.29 bits per heavy atom.